The quantitative estimate of drug-likeness (QED) is 0.413. The van der Waals surface area contributed by atoms with Crippen molar-refractivity contribution in [2.24, 2.45) is 0 Å². The van der Waals surface area contributed by atoms with E-state index in [0.29, 0.717) is 30.2 Å². The summed E-state index contributed by atoms with van der Waals surface area (Å²) in [6.07, 6.45) is 1.56. The van der Waals surface area contributed by atoms with E-state index in [4.69, 9.17) is 16.3 Å². The number of halogens is 1. The molecule has 3 aromatic rings. The summed E-state index contributed by atoms with van der Waals surface area (Å²) in [5.41, 5.74) is 2.24. The third kappa shape index (κ3) is 6.61. The second-order valence-electron chi connectivity index (χ2n) is 9.43. The highest BCUT2D eigenvalue weighted by Crippen LogP contribution is 2.23. The Hall–Kier alpha value is -3.65. The maximum Gasteiger partial charge on any atom is 0.254 e. The minimum Gasteiger partial charge on any atom is -0.497 e. The average Bonchev–Trinajstić information content (AvgIpc) is 3.22. The summed E-state index contributed by atoms with van der Waals surface area (Å²) in [5, 5.41) is 9.46. The molecule has 8 nitrogen and oxygen atoms in total. The number of hydrogen-bond acceptors (Lipinski definition) is 6. The number of nitrogens with zero attached hydrogens (tertiary/aromatic N) is 5. The van der Waals surface area contributed by atoms with Gasteiger partial charge in [0.2, 0.25) is 5.91 Å². The Bertz CT molecular complexity index is 1240. The largest absolute Gasteiger partial charge is 0.497 e. The molecule has 4 rings (SSSR count). The molecular weight excluding hydrogens is 502 g/mol. The zero-order chi connectivity index (χ0) is 27.1. The van der Waals surface area contributed by atoms with E-state index in [-0.39, 0.29) is 24.4 Å². The molecule has 1 atom stereocenters. The first kappa shape index (κ1) is 27.4. The van der Waals surface area contributed by atoms with Gasteiger partial charge in [-0.25, -0.2) is 0 Å². The lowest BCUT2D eigenvalue weighted by molar-refractivity contribution is -0.132. The van der Waals surface area contributed by atoms with E-state index in [1.54, 1.807) is 36.3 Å². The third-order valence-electron chi connectivity index (χ3n) is 6.97. The molecule has 0 bridgehead atoms. The van der Waals surface area contributed by atoms with E-state index in [0.717, 1.165) is 42.2 Å². The van der Waals surface area contributed by atoms with Crippen LogP contribution in [0.2, 0.25) is 5.02 Å². The van der Waals surface area contributed by atoms with Crippen LogP contribution in [0.5, 0.6) is 5.75 Å². The normalized spacial score (nSPS) is 14.5. The summed E-state index contributed by atoms with van der Waals surface area (Å²) in [7, 11) is 1.64. The van der Waals surface area contributed by atoms with Crippen LogP contribution < -0.4 is 9.64 Å². The number of carbonyl (C=O) groups excluding carboxylic acids is 2. The monoisotopic (exact) mass is 535 g/mol. The summed E-state index contributed by atoms with van der Waals surface area (Å²) in [6.45, 7) is 6.64. The highest BCUT2D eigenvalue weighted by molar-refractivity contribution is 6.30. The van der Waals surface area contributed by atoms with Crippen molar-refractivity contribution in [3.05, 3.63) is 71.2 Å². The second kappa shape index (κ2) is 12.7. The van der Waals surface area contributed by atoms with Gasteiger partial charge in [-0.3, -0.25) is 9.59 Å². The summed E-state index contributed by atoms with van der Waals surface area (Å²) in [6, 6.07) is 18.4. The number of ether oxygens (including phenoxy) is 1. The number of methoxy groups -OCH3 is 1. The number of benzene rings is 2. The average molecular weight is 536 g/mol. The predicted molar refractivity (Wildman–Crippen MR) is 150 cm³/mol. The van der Waals surface area contributed by atoms with Gasteiger partial charge in [0.05, 0.1) is 12.8 Å². The summed E-state index contributed by atoms with van der Waals surface area (Å²) < 4.78 is 5.31. The fourth-order valence-corrected chi connectivity index (χ4v) is 4.60. The van der Waals surface area contributed by atoms with Gasteiger partial charge in [-0.15, -0.1) is 10.2 Å². The van der Waals surface area contributed by atoms with E-state index in [9.17, 15) is 9.59 Å². The topological polar surface area (TPSA) is 78.9 Å². The maximum absolute atomic E-state index is 13.3. The van der Waals surface area contributed by atoms with Gasteiger partial charge in [-0.05, 0) is 68.3 Å². The van der Waals surface area contributed by atoms with Crippen LogP contribution in [0.4, 0.5) is 5.82 Å². The maximum atomic E-state index is 13.3. The van der Waals surface area contributed by atoms with Crippen LogP contribution in [0, 0.1) is 0 Å². The molecule has 1 aliphatic rings. The lowest BCUT2D eigenvalue weighted by Crippen LogP contribution is -2.47. The Labute approximate surface area is 229 Å². The number of carbonyl (C=O) groups is 2. The Morgan fingerprint density at radius 2 is 1.82 bits per heavy atom. The number of anilines is 1. The van der Waals surface area contributed by atoms with Crippen LogP contribution in [-0.4, -0.2) is 77.7 Å². The van der Waals surface area contributed by atoms with Crippen LogP contribution >= 0.6 is 11.6 Å². The lowest BCUT2D eigenvalue weighted by atomic mass is 10.1. The molecule has 2 aromatic carbocycles. The first-order chi connectivity index (χ1) is 18.4. The Balaban J connectivity index is 1.39. The molecule has 0 radical (unpaired) electrons. The van der Waals surface area contributed by atoms with Crippen LogP contribution in [-0.2, 0) is 4.79 Å². The van der Waals surface area contributed by atoms with E-state index in [1.807, 2.05) is 55.1 Å². The van der Waals surface area contributed by atoms with Crippen molar-refractivity contribution >= 4 is 29.2 Å². The van der Waals surface area contributed by atoms with Crippen molar-refractivity contribution in [2.45, 2.75) is 32.7 Å². The summed E-state index contributed by atoms with van der Waals surface area (Å²) in [4.78, 5) is 32.2. The molecule has 1 aliphatic heterocycles. The highest BCUT2D eigenvalue weighted by atomic mass is 35.5. The molecule has 9 heteroatoms. The summed E-state index contributed by atoms with van der Waals surface area (Å²) >= 11 is 5.99. The zero-order valence-electron chi connectivity index (χ0n) is 22.1. The van der Waals surface area contributed by atoms with Crippen molar-refractivity contribution in [1.82, 2.24) is 20.0 Å². The van der Waals surface area contributed by atoms with Crippen molar-refractivity contribution in [3.8, 4) is 17.0 Å². The molecule has 1 aromatic heterocycles. The second-order valence-corrected chi connectivity index (χ2v) is 9.86. The van der Waals surface area contributed by atoms with E-state index in [2.05, 4.69) is 15.1 Å². The third-order valence-corrected chi connectivity index (χ3v) is 7.22. The summed E-state index contributed by atoms with van der Waals surface area (Å²) in [5.74, 6) is 1.35. The van der Waals surface area contributed by atoms with Gasteiger partial charge in [-0.1, -0.05) is 30.7 Å². The predicted octanol–water partition coefficient (Wildman–Crippen LogP) is 4.79. The standard InChI is InChI=1S/C29H34ClN5O3/c1-4-21(2)35(29(37)22-9-11-24(30)12-10-22)20-28(36)34-16-6-15-33(17-18-34)27-14-13-26(31-32-27)23-7-5-8-25(19-23)38-3/h5,7-14,19,21H,4,6,15-18,20H2,1-3H3. The minimum atomic E-state index is -0.160. The molecule has 0 N–H and O–H groups in total. The molecule has 0 saturated carbocycles. The SMILES string of the molecule is CCC(C)N(CC(=O)N1CCCN(c2ccc(-c3cccc(OC)c3)nn2)CC1)C(=O)c1ccc(Cl)cc1. The molecule has 200 valence electrons. The first-order valence-corrected chi connectivity index (χ1v) is 13.3. The molecule has 1 fully saturated rings. The van der Waals surface area contributed by atoms with Gasteiger partial charge in [0.25, 0.3) is 5.91 Å². The van der Waals surface area contributed by atoms with Gasteiger partial charge in [-0.2, -0.15) is 0 Å². The van der Waals surface area contributed by atoms with Gasteiger partial charge in [0, 0.05) is 48.4 Å². The van der Waals surface area contributed by atoms with Crippen molar-refractivity contribution in [1.29, 1.82) is 0 Å². The fourth-order valence-electron chi connectivity index (χ4n) is 4.48. The van der Waals surface area contributed by atoms with Crippen LogP contribution in [0.15, 0.2) is 60.7 Å². The highest BCUT2D eigenvalue weighted by Gasteiger charge is 2.27. The van der Waals surface area contributed by atoms with Gasteiger partial charge >= 0.3 is 0 Å². The number of rotatable bonds is 8. The van der Waals surface area contributed by atoms with Crippen LogP contribution in [0.25, 0.3) is 11.3 Å². The van der Waals surface area contributed by atoms with Crippen molar-refractivity contribution < 1.29 is 14.3 Å². The molecular formula is C29H34ClN5O3. The molecule has 2 heterocycles. The Morgan fingerprint density at radius 3 is 2.50 bits per heavy atom. The van der Waals surface area contributed by atoms with Gasteiger partial charge in [0.15, 0.2) is 5.82 Å². The molecule has 1 unspecified atom stereocenters. The molecule has 1 saturated heterocycles. The van der Waals surface area contributed by atoms with Gasteiger partial charge < -0.3 is 19.4 Å². The smallest absolute Gasteiger partial charge is 0.254 e. The molecule has 38 heavy (non-hydrogen) atoms. The van der Waals surface area contributed by atoms with Crippen LogP contribution in [0.1, 0.15) is 37.0 Å². The molecule has 0 aliphatic carbocycles. The number of hydrogen-bond donors (Lipinski definition) is 0. The minimum absolute atomic E-state index is 0.0471. The number of aromatic nitrogens is 2. The fraction of sp³-hybridized carbons (Fsp3) is 0.379. The van der Waals surface area contributed by atoms with E-state index in [1.165, 1.54) is 0 Å². The van der Waals surface area contributed by atoms with E-state index < -0.39 is 0 Å². The Kier molecular flexibility index (Phi) is 9.18. The molecule has 2 amide bonds. The first-order valence-electron chi connectivity index (χ1n) is 13.0. The van der Waals surface area contributed by atoms with Crippen molar-refractivity contribution in [2.75, 3.05) is 44.7 Å². The Morgan fingerprint density at radius 1 is 1.03 bits per heavy atom. The van der Waals surface area contributed by atoms with Gasteiger partial charge in [0.1, 0.15) is 12.3 Å². The molecule has 0 spiro atoms. The van der Waals surface area contributed by atoms with E-state index >= 15 is 0 Å². The zero-order valence-corrected chi connectivity index (χ0v) is 22.9. The van der Waals surface area contributed by atoms with Crippen molar-refractivity contribution in [3.63, 3.8) is 0 Å². The lowest BCUT2D eigenvalue weighted by Gasteiger charge is -2.31. The van der Waals surface area contributed by atoms with Crippen LogP contribution in [0.3, 0.4) is 0 Å². The number of amides is 2.